The molecule has 0 aliphatic rings. The molecule has 0 aliphatic heterocycles. The van der Waals surface area contributed by atoms with E-state index < -0.39 is 11.4 Å². The van der Waals surface area contributed by atoms with E-state index in [0.29, 0.717) is 11.3 Å². The summed E-state index contributed by atoms with van der Waals surface area (Å²) in [7, 11) is 2.97. The summed E-state index contributed by atoms with van der Waals surface area (Å²) in [5, 5.41) is 3.43. The molecule has 3 rings (SSSR count). The Morgan fingerprint density at radius 3 is 2.61 bits per heavy atom. The molecule has 0 unspecified atom stereocenters. The standard InChI is InChI=1S/C20H19ClFN3O3/c1-12-16(5-4-6-17(12)27-2)23-20-24-19(26)18(28-3)11-25(20)10-13-7-14(21)9-15(22)8-13/h4-9,11H,10H2,1-3H3,(H,23,24,26). The molecule has 6 nitrogen and oxygen atoms in total. The first-order valence-electron chi connectivity index (χ1n) is 8.42. The molecule has 0 saturated carbocycles. The third-order valence-electron chi connectivity index (χ3n) is 4.21. The Morgan fingerprint density at radius 1 is 1.18 bits per heavy atom. The summed E-state index contributed by atoms with van der Waals surface area (Å²) in [6.07, 6.45) is 1.52. The number of hydrogen-bond donors (Lipinski definition) is 1. The molecule has 8 heteroatoms. The van der Waals surface area contributed by atoms with Crippen molar-refractivity contribution >= 4 is 23.2 Å². The summed E-state index contributed by atoms with van der Waals surface area (Å²) >= 11 is 5.95. The van der Waals surface area contributed by atoms with Crippen LogP contribution in [0.4, 0.5) is 16.0 Å². The van der Waals surface area contributed by atoms with Gasteiger partial charge in [0.25, 0.3) is 0 Å². The molecule has 0 radical (unpaired) electrons. The van der Waals surface area contributed by atoms with Gasteiger partial charge in [0, 0.05) is 16.3 Å². The number of hydrogen-bond acceptors (Lipinski definition) is 5. The minimum absolute atomic E-state index is 0.0791. The van der Waals surface area contributed by atoms with Crippen LogP contribution in [0.2, 0.25) is 5.02 Å². The molecule has 1 heterocycles. The van der Waals surface area contributed by atoms with Crippen molar-refractivity contribution in [1.29, 1.82) is 0 Å². The molecule has 0 saturated heterocycles. The van der Waals surface area contributed by atoms with Gasteiger partial charge in [0.2, 0.25) is 11.7 Å². The molecule has 1 N–H and O–H groups in total. The number of anilines is 2. The summed E-state index contributed by atoms with van der Waals surface area (Å²) < 4.78 is 25.8. The summed E-state index contributed by atoms with van der Waals surface area (Å²) in [4.78, 5) is 16.3. The van der Waals surface area contributed by atoms with Crippen LogP contribution in [-0.2, 0) is 6.54 Å². The highest BCUT2D eigenvalue weighted by Gasteiger charge is 2.13. The molecule has 3 aromatic rings. The molecule has 2 aromatic carbocycles. The predicted molar refractivity (Wildman–Crippen MR) is 107 cm³/mol. The smallest absolute Gasteiger partial charge is 0.316 e. The third kappa shape index (κ3) is 4.26. The Morgan fingerprint density at radius 2 is 1.93 bits per heavy atom. The minimum atomic E-state index is -0.515. The van der Waals surface area contributed by atoms with E-state index in [1.807, 2.05) is 25.1 Å². The fourth-order valence-electron chi connectivity index (χ4n) is 2.82. The highest BCUT2D eigenvalue weighted by atomic mass is 35.5. The Kier molecular flexibility index (Phi) is 5.84. The Balaban J connectivity index is 2.05. The second-order valence-corrected chi connectivity index (χ2v) is 6.54. The van der Waals surface area contributed by atoms with Crippen molar-refractivity contribution < 1.29 is 13.9 Å². The van der Waals surface area contributed by atoms with Gasteiger partial charge in [-0.3, -0.25) is 4.79 Å². The van der Waals surface area contributed by atoms with Crippen LogP contribution in [0.1, 0.15) is 11.1 Å². The van der Waals surface area contributed by atoms with Gasteiger partial charge < -0.3 is 19.4 Å². The van der Waals surface area contributed by atoms with Crippen LogP contribution in [0.5, 0.6) is 11.5 Å². The first-order chi connectivity index (χ1) is 13.4. The number of methoxy groups -OCH3 is 2. The summed E-state index contributed by atoms with van der Waals surface area (Å²) in [6.45, 7) is 2.12. The maximum Gasteiger partial charge on any atom is 0.316 e. The maximum atomic E-state index is 13.7. The molecule has 0 atom stereocenters. The van der Waals surface area contributed by atoms with Crippen molar-refractivity contribution in [2.24, 2.45) is 0 Å². The normalized spacial score (nSPS) is 10.6. The minimum Gasteiger partial charge on any atom is -0.496 e. The van der Waals surface area contributed by atoms with Crippen molar-refractivity contribution in [3.63, 3.8) is 0 Å². The molecule has 1 aromatic heterocycles. The van der Waals surface area contributed by atoms with E-state index in [0.717, 1.165) is 11.3 Å². The molecule has 0 amide bonds. The van der Waals surface area contributed by atoms with Crippen LogP contribution in [-0.4, -0.2) is 23.8 Å². The SMILES string of the molecule is COc1cccc(Nc2nc(=O)c(OC)cn2Cc2cc(F)cc(Cl)c2)c1C. The van der Waals surface area contributed by atoms with Crippen molar-refractivity contribution in [1.82, 2.24) is 9.55 Å². The monoisotopic (exact) mass is 403 g/mol. The zero-order valence-corrected chi connectivity index (χ0v) is 16.4. The van der Waals surface area contributed by atoms with E-state index in [1.54, 1.807) is 17.7 Å². The Hall–Kier alpha value is -3.06. The average molecular weight is 404 g/mol. The molecule has 0 aliphatic carbocycles. The summed E-state index contributed by atoms with van der Waals surface area (Å²) in [5.74, 6) is 0.615. The topological polar surface area (TPSA) is 65.4 Å². The quantitative estimate of drug-likeness (QED) is 0.669. The number of ether oxygens (including phenoxy) is 2. The lowest BCUT2D eigenvalue weighted by Crippen LogP contribution is -2.19. The van der Waals surface area contributed by atoms with Crippen LogP contribution < -0.4 is 20.3 Å². The van der Waals surface area contributed by atoms with Crippen LogP contribution in [0, 0.1) is 12.7 Å². The number of rotatable bonds is 6. The van der Waals surface area contributed by atoms with Gasteiger partial charge in [0.15, 0.2) is 0 Å². The highest BCUT2D eigenvalue weighted by molar-refractivity contribution is 6.30. The molecule has 146 valence electrons. The molecular weight excluding hydrogens is 385 g/mol. The third-order valence-corrected chi connectivity index (χ3v) is 4.43. The van der Waals surface area contributed by atoms with E-state index in [4.69, 9.17) is 21.1 Å². The summed E-state index contributed by atoms with van der Waals surface area (Å²) in [6, 6.07) is 9.76. The number of nitrogens with one attached hydrogen (secondary N) is 1. The number of halogens is 2. The Labute approximate surface area is 166 Å². The zero-order valence-electron chi connectivity index (χ0n) is 15.6. The largest absolute Gasteiger partial charge is 0.496 e. The van der Waals surface area contributed by atoms with Crippen LogP contribution >= 0.6 is 11.6 Å². The molecule has 0 bridgehead atoms. The van der Waals surface area contributed by atoms with Crippen molar-refractivity contribution in [3.05, 3.63) is 74.9 Å². The van der Waals surface area contributed by atoms with Crippen LogP contribution in [0.3, 0.4) is 0 Å². The highest BCUT2D eigenvalue weighted by Crippen LogP contribution is 2.27. The fraction of sp³-hybridized carbons (Fsp3) is 0.200. The van der Waals surface area contributed by atoms with E-state index >= 15 is 0 Å². The van der Waals surface area contributed by atoms with Crippen molar-refractivity contribution in [3.8, 4) is 11.5 Å². The zero-order chi connectivity index (χ0) is 20.3. The lowest BCUT2D eigenvalue weighted by atomic mass is 10.2. The van der Waals surface area contributed by atoms with Gasteiger partial charge in [-0.25, -0.2) is 4.39 Å². The number of benzene rings is 2. The van der Waals surface area contributed by atoms with Gasteiger partial charge in [0.1, 0.15) is 11.6 Å². The molecule has 0 spiro atoms. The van der Waals surface area contributed by atoms with Crippen LogP contribution in [0.25, 0.3) is 0 Å². The second kappa shape index (κ2) is 8.31. The van der Waals surface area contributed by atoms with Gasteiger partial charge in [0.05, 0.1) is 27.0 Å². The van der Waals surface area contributed by atoms with Gasteiger partial charge in [-0.1, -0.05) is 17.7 Å². The van der Waals surface area contributed by atoms with Gasteiger partial charge in [-0.15, -0.1) is 0 Å². The Bertz CT molecular complexity index is 1050. The fourth-order valence-corrected chi connectivity index (χ4v) is 3.07. The molecular formula is C20H19ClFN3O3. The summed E-state index contributed by atoms with van der Waals surface area (Å²) in [5.41, 5.74) is 1.68. The van der Waals surface area contributed by atoms with Gasteiger partial charge >= 0.3 is 5.56 Å². The predicted octanol–water partition coefficient (Wildman–Crippen LogP) is 4.15. The van der Waals surface area contributed by atoms with E-state index in [2.05, 4.69) is 10.3 Å². The first kappa shape index (κ1) is 19.7. The van der Waals surface area contributed by atoms with E-state index in [-0.39, 0.29) is 23.3 Å². The van der Waals surface area contributed by atoms with E-state index in [9.17, 15) is 9.18 Å². The first-order valence-corrected chi connectivity index (χ1v) is 8.80. The molecule has 28 heavy (non-hydrogen) atoms. The van der Waals surface area contributed by atoms with Crippen LogP contribution in [0.15, 0.2) is 47.4 Å². The molecule has 0 fully saturated rings. The van der Waals surface area contributed by atoms with Crippen molar-refractivity contribution in [2.75, 3.05) is 19.5 Å². The van der Waals surface area contributed by atoms with Gasteiger partial charge in [-0.2, -0.15) is 4.98 Å². The van der Waals surface area contributed by atoms with E-state index in [1.165, 1.54) is 25.4 Å². The average Bonchev–Trinajstić information content (AvgIpc) is 2.64. The number of aromatic nitrogens is 2. The van der Waals surface area contributed by atoms with Gasteiger partial charge in [-0.05, 0) is 42.8 Å². The lowest BCUT2D eigenvalue weighted by molar-refractivity contribution is 0.402. The lowest BCUT2D eigenvalue weighted by Gasteiger charge is -2.17. The number of nitrogens with zero attached hydrogens (tertiary/aromatic N) is 2. The maximum absolute atomic E-state index is 13.7. The van der Waals surface area contributed by atoms with Crippen molar-refractivity contribution in [2.45, 2.75) is 13.5 Å². The second-order valence-electron chi connectivity index (χ2n) is 6.10.